The van der Waals surface area contributed by atoms with Crippen molar-refractivity contribution in [3.63, 3.8) is 0 Å². The number of rotatable bonds is 1. The number of nitrogens with zero attached hydrogens (tertiary/aromatic N) is 3. The maximum atomic E-state index is 4.91. The number of benzene rings is 5. The first-order valence-corrected chi connectivity index (χ1v) is 15.4. The minimum atomic E-state index is -0.169. The largest absolute Gasteiger partial charge is 0.305 e. The molecule has 0 fully saturated rings. The standard InChI is InChI=1S/C31H23N2.C11H8N.Ir/c1-17-13-24-21(18(2)33-17)9-10-22-23-11-12-32-30-26-14-19-7-5-6-8-20(19)15-27(26)31(3,4)28(29(23)30)16-25(22)24;1-2-6-10(7-3-1)11-8-4-5-9-12-11;/h5-13,15-16H,1-4H3;1-6,8-9H;/q2*-1;. The van der Waals surface area contributed by atoms with Crippen molar-refractivity contribution in [1.29, 1.82) is 0 Å². The molecule has 0 amide bonds. The van der Waals surface area contributed by atoms with Crippen LogP contribution in [0.3, 0.4) is 0 Å². The van der Waals surface area contributed by atoms with E-state index in [0.29, 0.717) is 0 Å². The molecule has 3 nitrogen and oxygen atoms in total. The fourth-order valence-electron chi connectivity index (χ4n) is 6.99. The van der Waals surface area contributed by atoms with Gasteiger partial charge < -0.3 is 4.98 Å². The van der Waals surface area contributed by atoms with Crippen LogP contribution in [0.25, 0.3) is 65.6 Å². The Bertz CT molecular complexity index is 2380. The Morgan fingerprint density at radius 2 is 1.43 bits per heavy atom. The predicted molar refractivity (Wildman–Crippen MR) is 186 cm³/mol. The summed E-state index contributed by atoms with van der Waals surface area (Å²) in [7, 11) is 0. The molecule has 0 saturated heterocycles. The first-order chi connectivity index (χ1) is 21.9. The third-order valence-electron chi connectivity index (χ3n) is 9.20. The normalized spacial score (nSPS) is 12.8. The molecule has 225 valence electrons. The maximum Gasteiger partial charge on any atom is 0.0454 e. The zero-order valence-electron chi connectivity index (χ0n) is 26.1. The third kappa shape index (κ3) is 4.81. The summed E-state index contributed by atoms with van der Waals surface area (Å²) in [6.45, 7) is 8.87. The van der Waals surface area contributed by atoms with E-state index < -0.39 is 0 Å². The van der Waals surface area contributed by atoms with Crippen LogP contribution in [0.1, 0.15) is 36.4 Å². The Balaban J connectivity index is 0.000000220. The molecule has 46 heavy (non-hydrogen) atoms. The van der Waals surface area contributed by atoms with Crippen LogP contribution in [-0.2, 0) is 25.5 Å². The summed E-state index contributed by atoms with van der Waals surface area (Å²) in [6.07, 6.45) is 3.75. The molecule has 8 aromatic rings. The van der Waals surface area contributed by atoms with Crippen molar-refractivity contribution in [3.05, 3.63) is 150 Å². The van der Waals surface area contributed by atoms with Crippen molar-refractivity contribution >= 4 is 43.1 Å². The maximum absolute atomic E-state index is 4.91. The number of aromatic nitrogens is 3. The van der Waals surface area contributed by atoms with Crippen molar-refractivity contribution in [3.8, 4) is 22.5 Å². The Morgan fingerprint density at radius 1 is 0.652 bits per heavy atom. The van der Waals surface area contributed by atoms with E-state index in [-0.39, 0.29) is 25.5 Å². The van der Waals surface area contributed by atoms with Crippen LogP contribution in [-0.4, -0.2) is 15.0 Å². The molecule has 5 aromatic carbocycles. The van der Waals surface area contributed by atoms with E-state index in [4.69, 9.17) is 9.97 Å². The van der Waals surface area contributed by atoms with Gasteiger partial charge in [-0.3, -0.25) is 9.97 Å². The molecule has 0 saturated carbocycles. The van der Waals surface area contributed by atoms with E-state index in [2.05, 4.69) is 105 Å². The summed E-state index contributed by atoms with van der Waals surface area (Å²) in [6, 6.07) is 42.7. The minimum Gasteiger partial charge on any atom is -0.305 e. The van der Waals surface area contributed by atoms with Crippen molar-refractivity contribution in [1.82, 2.24) is 15.0 Å². The zero-order valence-corrected chi connectivity index (χ0v) is 28.5. The van der Waals surface area contributed by atoms with Crippen LogP contribution in [0.15, 0.2) is 116 Å². The average Bonchev–Trinajstić information content (AvgIpc) is 3.07. The van der Waals surface area contributed by atoms with Gasteiger partial charge in [-0.05, 0) is 75.7 Å². The second-order valence-corrected chi connectivity index (χ2v) is 12.4. The Kier molecular flexibility index (Phi) is 7.51. The van der Waals surface area contributed by atoms with E-state index in [0.717, 1.165) is 39.3 Å². The Hall–Kier alpha value is -4.76. The molecule has 4 heteroatoms. The summed E-state index contributed by atoms with van der Waals surface area (Å²) in [5.74, 6) is 0. The van der Waals surface area contributed by atoms with E-state index in [1.807, 2.05) is 48.7 Å². The molecular formula is C42H31IrN3-2. The number of aryl methyl sites for hydroxylation is 2. The van der Waals surface area contributed by atoms with Crippen LogP contribution in [0.4, 0.5) is 0 Å². The summed E-state index contributed by atoms with van der Waals surface area (Å²) >= 11 is 0. The molecular weight excluding hydrogens is 739 g/mol. The monoisotopic (exact) mass is 770 g/mol. The SMILES string of the molecule is Cc1cc2c(ccc3c4ccnc5c4c(cc23)C(C)(C)c2cc3ccccc3[c-]c2-5)c(C)n1.[Ir].[c-]1ccccc1-c1ccccn1. The molecule has 0 aliphatic heterocycles. The number of hydrogen-bond donors (Lipinski definition) is 0. The summed E-state index contributed by atoms with van der Waals surface area (Å²) in [5, 5.41) is 9.96. The van der Waals surface area contributed by atoms with Crippen molar-refractivity contribution < 1.29 is 20.1 Å². The number of hydrogen-bond acceptors (Lipinski definition) is 3. The van der Waals surface area contributed by atoms with Gasteiger partial charge in [0.2, 0.25) is 0 Å². The van der Waals surface area contributed by atoms with E-state index in [1.165, 1.54) is 48.8 Å². The van der Waals surface area contributed by atoms with E-state index in [9.17, 15) is 0 Å². The fourth-order valence-corrected chi connectivity index (χ4v) is 6.99. The fraction of sp³-hybridized carbons (Fsp3) is 0.119. The third-order valence-corrected chi connectivity index (χ3v) is 9.20. The number of pyridine rings is 3. The minimum absolute atomic E-state index is 0. The zero-order chi connectivity index (χ0) is 30.7. The summed E-state index contributed by atoms with van der Waals surface area (Å²) in [4.78, 5) is 13.8. The molecule has 0 atom stereocenters. The smallest absolute Gasteiger partial charge is 0.0454 e. The van der Waals surface area contributed by atoms with Gasteiger partial charge >= 0.3 is 0 Å². The van der Waals surface area contributed by atoms with Gasteiger partial charge in [0.1, 0.15) is 0 Å². The van der Waals surface area contributed by atoms with Gasteiger partial charge in [0.05, 0.1) is 0 Å². The molecule has 1 radical (unpaired) electrons. The van der Waals surface area contributed by atoms with E-state index >= 15 is 0 Å². The Labute approximate surface area is 282 Å². The van der Waals surface area contributed by atoms with Crippen LogP contribution >= 0.6 is 0 Å². The summed E-state index contributed by atoms with van der Waals surface area (Å²) < 4.78 is 0. The van der Waals surface area contributed by atoms with Crippen molar-refractivity contribution in [2.24, 2.45) is 0 Å². The molecule has 0 unspecified atom stereocenters. The van der Waals surface area contributed by atoms with Crippen molar-refractivity contribution in [2.75, 3.05) is 0 Å². The quantitative estimate of drug-likeness (QED) is 0.123. The van der Waals surface area contributed by atoms with Crippen molar-refractivity contribution in [2.45, 2.75) is 33.1 Å². The molecule has 3 heterocycles. The van der Waals surface area contributed by atoms with Crippen LogP contribution < -0.4 is 0 Å². The molecule has 3 aromatic heterocycles. The second-order valence-electron chi connectivity index (χ2n) is 12.4. The van der Waals surface area contributed by atoms with Gasteiger partial charge in [-0.1, -0.05) is 78.9 Å². The molecule has 0 spiro atoms. The van der Waals surface area contributed by atoms with Gasteiger partial charge in [-0.25, -0.2) is 0 Å². The second kappa shape index (κ2) is 11.6. The first kappa shape index (κ1) is 29.9. The van der Waals surface area contributed by atoms with Crippen LogP contribution in [0.5, 0.6) is 0 Å². The van der Waals surface area contributed by atoms with E-state index in [1.54, 1.807) is 6.20 Å². The Morgan fingerprint density at radius 3 is 2.24 bits per heavy atom. The van der Waals surface area contributed by atoms with Gasteiger partial charge in [0, 0.05) is 55.0 Å². The molecule has 9 rings (SSSR count). The average molecular weight is 770 g/mol. The van der Waals surface area contributed by atoms with Gasteiger partial charge in [0.25, 0.3) is 0 Å². The number of fused-ring (bicyclic) bond motifs is 7. The predicted octanol–water partition coefficient (Wildman–Crippen LogP) is 10.4. The summed E-state index contributed by atoms with van der Waals surface area (Å²) in [5.41, 5.74) is 8.79. The van der Waals surface area contributed by atoms with Crippen LogP contribution in [0.2, 0.25) is 0 Å². The van der Waals surface area contributed by atoms with Crippen LogP contribution in [0, 0.1) is 26.0 Å². The van der Waals surface area contributed by atoms with Gasteiger partial charge in [0.15, 0.2) is 0 Å². The molecule has 0 bridgehead atoms. The molecule has 0 N–H and O–H groups in total. The van der Waals surface area contributed by atoms with Gasteiger partial charge in [-0.2, -0.15) is 0 Å². The topological polar surface area (TPSA) is 38.7 Å². The first-order valence-electron chi connectivity index (χ1n) is 15.4. The molecule has 1 aliphatic carbocycles. The van der Waals surface area contributed by atoms with Gasteiger partial charge in [-0.15, -0.1) is 59.5 Å². The molecule has 1 aliphatic rings.